The molecule has 0 saturated carbocycles. The summed E-state index contributed by atoms with van der Waals surface area (Å²) in [5, 5.41) is 25.0. The van der Waals surface area contributed by atoms with Crippen molar-refractivity contribution in [3.8, 4) is 0 Å². The first-order chi connectivity index (χ1) is 18.9. The average molecular weight is 528 g/mol. The lowest BCUT2D eigenvalue weighted by atomic mass is 9.81. The number of benzene rings is 3. The van der Waals surface area contributed by atoms with E-state index in [9.17, 15) is 23.8 Å². The first-order valence-electron chi connectivity index (χ1n) is 13.2. The second-order valence-electron chi connectivity index (χ2n) is 10.7. The number of carbonyl (C=O) groups excluding carboxylic acids is 1. The summed E-state index contributed by atoms with van der Waals surface area (Å²) in [6.07, 6.45) is 3.54. The van der Waals surface area contributed by atoms with Gasteiger partial charge < -0.3 is 15.1 Å². The van der Waals surface area contributed by atoms with E-state index in [1.165, 1.54) is 18.2 Å². The predicted molar refractivity (Wildman–Crippen MR) is 140 cm³/mol. The molecule has 3 atom stereocenters. The summed E-state index contributed by atoms with van der Waals surface area (Å²) in [5.41, 5.74) is 3.59. The number of aliphatic hydroxyl groups is 2. The summed E-state index contributed by atoms with van der Waals surface area (Å²) < 4.78 is 29.3. The highest BCUT2D eigenvalue weighted by Gasteiger charge is 2.60. The number of hydrazine groups is 1. The molecule has 3 unspecified atom stereocenters. The van der Waals surface area contributed by atoms with Gasteiger partial charge in [-0.1, -0.05) is 54.6 Å². The fourth-order valence-electron chi connectivity index (χ4n) is 6.96. The van der Waals surface area contributed by atoms with Gasteiger partial charge >= 0.3 is 0 Å². The van der Waals surface area contributed by atoms with Gasteiger partial charge in [0.25, 0.3) is 5.91 Å². The van der Waals surface area contributed by atoms with Crippen LogP contribution in [0.5, 0.6) is 0 Å². The fraction of sp³-hybridized carbons (Fsp3) is 0.258. The Morgan fingerprint density at radius 3 is 2.46 bits per heavy atom. The van der Waals surface area contributed by atoms with Crippen LogP contribution in [0.25, 0.3) is 0 Å². The monoisotopic (exact) mass is 527 g/mol. The SMILES string of the molecule is O=C1C2=C(O)C(O)C=CN2N(C23c4ccccc4CC2Cc2cc(F)c(F)cc23)CN1CCc1ccccc1. The Balaban J connectivity index is 1.41. The van der Waals surface area contributed by atoms with Gasteiger partial charge in [0, 0.05) is 12.7 Å². The molecule has 1 fully saturated rings. The number of fused-ring (bicyclic) bond motifs is 6. The zero-order valence-corrected chi connectivity index (χ0v) is 21.1. The summed E-state index contributed by atoms with van der Waals surface area (Å²) in [7, 11) is 0. The maximum atomic E-state index is 14.9. The summed E-state index contributed by atoms with van der Waals surface area (Å²) in [5.74, 6) is -2.69. The Hall–Kier alpha value is -4.01. The maximum Gasteiger partial charge on any atom is 0.276 e. The molecule has 7 rings (SSSR count). The smallest absolute Gasteiger partial charge is 0.276 e. The highest BCUT2D eigenvalue weighted by atomic mass is 19.2. The lowest BCUT2D eigenvalue weighted by Gasteiger charge is -2.54. The van der Waals surface area contributed by atoms with E-state index in [-0.39, 0.29) is 18.3 Å². The molecule has 1 saturated heterocycles. The summed E-state index contributed by atoms with van der Waals surface area (Å²) in [6.45, 7) is 0.531. The van der Waals surface area contributed by atoms with Crippen LogP contribution >= 0.6 is 0 Å². The van der Waals surface area contributed by atoms with E-state index in [2.05, 4.69) is 6.07 Å². The first kappa shape index (κ1) is 24.1. The number of amides is 1. The topological polar surface area (TPSA) is 67.2 Å². The van der Waals surface area contributed by atoms with E-state index < -0.39 is 34.9 Å². The standard InChI is InChI=1S/C31H27F2N3O3/c32-25-16-21-15-22-14-20-8-4-5-9-23(20)31(22,24(21)17-26(25)33)36-18-34(12-10-19-6-2-1-3-7-19)30(39)28-29(38)27(37)11-13-35(28)36/h1-9,11,13,16-17,22,27,37-38H,10,12,14-15,18H2. The molecule has 2 aliphatic carbocycles. The van der Waals surface area contributed by atoms with E-state index in [0.717, 1.165) is 22.3 Å². The van der Waals surface area contributed by atoms with Crippen LogP contribution in [0.3, 0.4) is 0 Å². The largest absolute Gasteiger partial charge is 0.507 e. The minimum absolute atomic E-state index is 0.0298. The second-order valence-corrected chi connectivity index (χ2v) is 10.7. The van der Waals surface area contributed by atoms with Crippen LogP contribution in [0, 0.1) is 17.6 Å². The van der Waals surface area contributed by atoms with Gasteiger partial charge in [-0.3, -0.25) is 9.80 Å². The number of hydrogen-bond acceptors (Lipinski definition) is 5. The molecule has 1 amide bonds. The van der Waals surface area contributed by atoms with Crippen LogP contribution in [0.1, 0.15) is 27.8 Å². The van der Waals surface area contributed by atoms with Gasteiger partial charge in [0.15, 0.2) is 23.1 Å². The van der Waals surface area contributed by atoms with Crippen molar-refractivity contribution in [2.24, 2.45) is 5.92 Å². The normalized spacial score (nSPS) is 25.6. The van der Waals surface area contributed by atoms with Gasteiger partial charge in [-0.05, 0) is 71.2 Å². The molecule has 198 valence electrons. The van der Waals surface area contributed by atoms with Crippen LogP contribution in [0.4, 0.5) is 8.78 Å². The molecular weight excluding hydrogens is 500 g/mol. The second kappa shape index (κ2) is 8.76. The molecule has 0 bridgehead atoms. The number of rotatable bonds is 4. The number of carbonyl (C=O) groups is 1. The quantitative estimate of drug-likeness (QED) is 0.534. The molecule has 3 aromatic carbocycles. The van der Waals surface area contributed by atoms with Gasteiger partial charge in [-0.25, -0.2) is 8.78 Å². The third-order valence-corrected chi connectivity index (χ3v) is 8.64. The fourth-order valence-corrected chi connectivity index (χ4v) is 6.96. The number of halogens is 2. The third kappa shape index (κ3) is 3.41. The Bertz CT molecular complexity index is 1560. The van der Waals surface area contributed by atoms with Crippen molar-refractivity contribution < 1.29 is 23.8 Å². The van der Waals surface area contributed by atoms with E-state index in [1.54, 1.807) is 16.1 Å². The van der Waals surface area contributed by atoms with Gasteiger partial charge in [-0.2, -0.15) is 5.01 Å². The molecule has 3 aromatic rings. The first-order valence-corrected chi connectivity index (χ1v) is 13.2. The molecule has 4 aliphatic rings. The highest BCUT2D eigenvalue weighted by molar-refractivity contribution is 5.94. The molecule has 2 heterocycles. The molecule has 39 heavy (non-hydrogen) atoms. The van der Waals surface area contributed by atoms with Crippen molar-refractivity contribution in [1.82, 2.24) is 14.9 Å². The minimum Gasteiger partial charge on any atom is -0.507 e. The van der Waals surface area contributed by atoms with Gasteiger partial charge in [-0.15, -0.1) is 0 Å². The van der Waals surface area contributed by atoms with Crippen LogP contribution < -0.4 is 0 Å². The molecule has 2 aliphatic heterocycles. The van der Waals surface area contributed by atoms with E-state index in [1.807, 2.05) is 53.5 Å². The number of hydrogen-bond donors (Lipinski definition) is 2. The predicted octanol–water partition coefficient (Wildman–Crippen LogP) is 4.16. The van der Waals surface area contributed by atoms with E-state index in [0.29, 0.717) is 31.4 Å². The molecule has 0 spiro atoms. The van der Waals surface area contributed by atoms with Crippen molar-refractivity contribution in [3.05, 3.63) is 130 Å². The summed E-state index contributed by atoms with van der Waals surface area (Å²) in [4.78, 5) is 15.4. The van der Waals surface area contributed by atoms with Crippen molar-refractivity contribution in [3.63, 3.8) is 0 Å². The zero-order chi connectivity index (χ0) is 26.9. The zero-order valence-electron chi connectivity index (χ0n) is 21.1. The van der Waals surface area contributed by atoms with Crippen molar-refractivity contribution in [2.75, 3.05) is 13.2 Å². The Morgan fingerprint density at radius 2 is 1.64 bits per heavy atom. The van der Waals surface area contributed by atoms with Crippen molar-refractivity contribution in [2.45, 2.75) is 30.9 Å². The lowest BCUT2D eigenvalue weighted by molar-refractivity contribution is -0.162. The van der Waals surface area contributed by atoms with Crippen LogP contribution in [-0.4, -0.2) is 50.4 Å². The maximum absolute atomic E-state index is 14.9. The Kier molecular flexibility index (Phi) is 5.40. The van der Waals surface area contributed by atoms with Crippen molar-refractivity contribution in [1.29, 1.82) is 0 Å². The molecule has 0 radical (unpaired) electrons. The third-order valence-electron chi connectivity index (χ3n) is 8.64. The highest BCUT2D eigenvalue weighted by Crippen LogP contribution is 2.58. The van der Waals surface area contributed by atoms with Crippen LogP contribution in [0.15, 0.2) is 90.5 Å². The van der Waals surface area contributed by atoms with Gasteiger partial charge in [0.1, 0.15) is 6.10 Å². The summed E-state index contributed by atoms with van der Waals surface area (Å²) in [6, 6.07) is 20.4. The Labute approximate surface area is 224 Å². The van der Waals surface area contributed by atoms with Crippen LogP contribution in [-0.2, 0) is 29.6 Å². The van der Waals surface area contributed by atoms with E-state index >= 15 is 0 Å². The number of nitrogens with zero attached hydrogens (tertiary/aromatic N) is 3. The van der Waals surface area contributed by atoms with Gasteiger partial charge in [0.2, 0.25) is 0 Å². The van der Waals surface area contributed by atoms with E-state index in [4.69, 9.17) is 0 Å². The minimum atomic E-state index is -1.32. The molecule has 6 nitrogen and oxygen atoms in total. The van der Waals surface area contributed by atoms with Crippen LogP contribution in [0.2, 0.25) is 0 Å². The molecule has 0 aromatic heterocycles. The Morgan fingerprint density at radius 1 is 0.923 bits per heavy atom. The lowest BCUT2D eigenvalue weighted by Crippen LogP contribution is -2.65. The van der Waals surface area contributed by atoms with Gasteiger partial charge in [0.05, 0.1) is 12.2 Å². The number of aliphatic hydroxyl groups excluding tert-OH is 2. The molecule has 8 heteroatoms. The molecule has 2 N–H and O–H groups in total. The average Bonchev–Trinajstić information content (AvgIpc) is 3.42. The summed E-state index contributed by atoms with van der Waals surface area (Å²) >= 11 is 0. The van der Waals surface area contributed by atoms with Crippen molar-refractivity contribution >= 4 is 5.91 Å². The molecular formula is C31H27F2N3O3.